The molecule has 0 N–H and O–H groups in total. The number of hydrogen-bond donors (Lipinski definition) is 0. The predicted octanol–water partition coefficient (Wildman–Crippen LogP) is 7.82. The molecule has 2 aromatic carbocycles. The SMILES string of the molecule is C/C=C/COc1cc(C)c(OC(C)CCCOc2cccc(/C(=N\OC)C(F)(F)F)c2)c(C)c1.CC. The lowest BCUT2D eigenvalue weighted by Crippen LogP contribution is -2.24. The van der Waals surface area contributed by atoms with Gasteiger partial charge in [-0.25, -0.2) is 0 Å². The molecule has 0 aliphatic heterocycles. The van der Waals surface area contributed by atoms with Crippen LogP contribution in [0.2, 0.25) is 0 Å². The van der Waals surface area contributed by atoms with E-state index in [4.69, 9.17) is 14.2 Å². The summed E-state index contributed by atoms with van der Waals surface area (Å²) >= 11 is 0. The van der Waals surface area contributed by atoms with Gasteiger partial charge >= 0.3 is 6.18 Å². The number of oxime groups is 1. The topological polar surface area (TPSA) is 49.3 Å². The second-order valence-corrected chi connectivity index (χ2v) is 7.83. The molecule has 0 heterocycles. The van der Waals surface area contributed by atoms with E-state index in [0.717, 1.165) is 36.2 Å². The quantitative estimate of drug-likeness (QED) is 0.127. The largest absolute Gasteiger partial charge is 0.494 e. The molecule has 0 amide bonds. The summed E-state index contributed by atoms with van der Waals surface area (Å²) in [5, 5.41) is 3.11. The number of benzene rings is 2. The summed E-state index contributed by atoms with van der Waals surface area (Å²) in [6.07, 6.45) is 0.581. The van der Waals surface area contributed by atoms with Crippen molar-refractivity contribution in [2.24, 2.45) is 5.16 Å². The second-order valence-electron chi connectivity index (χ2n) is 7.83. The molecule has 8 heteroatoms. The van der Waals surface area contributed by atoms with Crippen LogP contribution in [0, 0.1) is 13.8 Å². The summed E-state index contributed by atoms with van der Waals surface area (Å²) in [6.45, 7) is 12.8. The molecule has 0 spiro atoms. The van der Waals surface area contributed by atoms with Gasteiger partial charge in [0, 0.05) is 5.56 Å². The van der Waals surface area contributed by atoms with Gasteiger partial charge in [-0.05, 0) is 75.9 Å². The minimum Gasteiger partial charge on any atom is -0.494 e. The van der Waals surface area contributed by atoms with Crippen LogP contribution in [0.25, 0.3) is 0 Å². The van der Waals surface area contributed by atoms with Crippen molar-refractivity contribution in [1.82, 2.24) is 0 Å². The normalized spacial score (nSPS) is 12.6. The third-order valence-electron chi connectivity index (χ3n) is 4.92. The van der Waals surface area contributed by atoms with Crippen LogP contribution in [-0.4, -0.2) is 38.3 Å². The van der Waals surface area contributed by atoms with E-state index in [9.17, 15) is 13.2 Å². The highest BCUT2D eigenvalue weighted by atomic mass is 19.4. The van der Waals surface area contributed by atoms with Gasteiger partial charge in [0.2, 0.25) is 0 Å². The lowest BCUT2D eigenvalue weighted by Gasteiger charge is -2.19. The third-order valence-corrected chi connectivity index (χ3v) is 4.92. The van der Waals surface area contributed by atoms with Gasteiger partial charge in [-0.2, -0.15) is 13.2 Å². The van der Waals surface area contributed by atoms with Crippen molar-refractivity contribution in [3.05, 3.63) is 65.2 Å². The van der Waals surface area contributed by atoms with E-state index in [1.807, 2.05) is 65.8 Å². The van der Waals surface area contributed by atoms with E-state index in [0.29, 0.717) is 25.4 Å². The Bertz CT molecular complexity index is 964. The molecule has 1 unspecified atom stereocenters. The summed E-state index contributed by atoms with van der Waals surface area (Å²) in [5.74, 6) is 1.96. The molecule has 0 aliphatic rings. The molecule has 200 valence electrons. The lowest BCUT2D eigenvalue weighted by molar-refractivity contribution is -0.0608. The maximum absolute atomic E-state index is 13.2. The molecule has 0 aliphatic carbocycles. The summed E-state index contributed by atoms with van der Waals surface area (Å²) in [7, 11) is 1.08. The lowest BCUT2D eigenvalue weighted by atomic mass is 10.1. The van der Waals surface area contributed by atoms with Crippen molar-refractivity contribution in [3.63, 3.8) is 0 Å². The number of alkyl halides is 3. The first kappa shape index (κ1) is 30.9. The maximum atomic E-state index is 13.2. The minimum absolute atomic E-state index is 0.0622. The molecule has 0 saturated heterocycles. The van der Waals surface area contributed by atoms with Crippen LogP contribution < -0.4 is 14.2 Å². The van der Waals surface area contributed by atoms with Crippen LogP contribution in [0.1, 0.15) is 57.2 Å². The van der Waals surface area contributed by atoms with Crippen molar-refractivity contribution in [3.8, 4) is 17.2 Å². The van der Waals surface area contributed by atoms with E-state index >= 15 is 0 Å². The van der Waals surface area contributed by atoms with Crippen LogP contribution in [0.4, 0.5) is 13.2 Å². The van der Waals surface area contributed by atoms with Crippen LogP contribution >= 0.6 is 0 Å². The van der Waals surface area contributed by atoms with Crippen LogP contribution in [0.15, 0.2) is 53.7 Å². The summed E-state index contributed by atoms with van der Waals surface area (Å²) in [5.41, 5.74) is 0.765. The molecule has 1 atom stereocenters. The van der Waals surface area contributed by atoms with Crippen molar-refractivity contribution in [1.29, 1.82) is 0 Å². The molecule has 36 heavy (non-hydrogen) atoms. The van der Waals surface area contributed by atoms with Crippen molar-refractivity contribution < 1.29 is 32.2 Å². The summed E-state index contributed by atoms with van der Waals surface area (Å²) < 4.78 is 57.0. The fourth-order valence-corrected chi connectivity index (χ4v) is 3.33. The fourth-order valence-electron chi connectivity index (χ4n) is 3.33. The molecule has 0 saturated carbocycles. The van der Waals surface area contributed by atoms with Gasteiger partial charge in [0.05, 0.1) is 12.7 Å². The second kappa shape index (κ2) is 15.8. The number of allylic oxidation sites excluding steroid dienone is 1. The van der Waals surface area contributed by atoms with E-state index in [-0.39, 0.29) is 11.7 Å². The smallest absolute Gasteiger partial charge is 0.437 e. The molecular weight excluding hydrogens is 471 g/mol. The van der Waals surface area contributed by atoms with Crippen LogP contribution in [-0.2, 0) is 4.84 Å². The average molecular weight is 510 g/mol. The van der Waals surface area contributed by atoms with Gasteiger partial charge in [0.1, 0.15) is 31.0 Å². The van der Waals surface area contributed by atoms with E-state index < -0.39 is 11.9 Å². The molecule has 0 radical (unpaired) electrons. The summed E-state index contributed by atoms with van der Waals surface area (Å²) in [4.78, 5) is 4.35. The molecule has 0 bridgehead atoms. The van der Waals surface area contributed by atoms with E-state index in [1.165, 1.54) is 18.2 Å². The first-order valence-corrected chi connectivity index (χ1v) is 12.1. The Morgan fingerprint density at radius 3 is 2.28 bits per heavy atom. The van der Waals surface area contributed by atoms with E-state index in [2.05, 4.69) is 9.99 Å². The number of rotatable bonds is 12. The Morgan fingerprint density at radius 1 is 1.03 bits per heavy atom. The Morgan fingerprint density at radius 2 is 1.69 bits per heavy atom. The molecule has 0 aromatic heterocycles. The first-order valence-electron chi connectivity index (χ1n) is 12.1. The minimum atomic E-state index is -4.63. The van der Waals surface area contributed by atoms with Crippen LogP contribution in [0.3, 0.4) is 0 Å². The van der Waals surface area contributed by atoms with Gasteiger partial charge in [-0.3, -0.25) is 0 Å². The van der Waals surface area contributed by atoms with Gasteiger partial charge in [0.15, 0.2) is 5.71 Å². The highest BCUT2D eigenvalue weighted by molar-refractivity contribution is 6.04. The zero-order valence-corrected chi connectivity index (χ0v) is 22.2. The number of nitrogens with zero attached hydrogens (tertiary/aromatic N) is 1. The number of hydrogen-bond acceptors (Lipinski definition) is 5. The number of ether oxygens (including phenoxy) is 3. The Hall–Kier alpha value is -3.16. The predicted molar refractivity (Wildman–Crippen MR) is 138 cm³/mol. The molecule has 5 nitrogen and oxygen atoms in total. The monoisotopic (exact) mass is 509 g/mol. The van der Waals surface area contributed by atoms with Crippen molar-refractivity contribution >= 4 is 5.71 Å². The molecular formula is C28H38F3NO4. The van der Waals surface area contributed by atoms with Gasteiger partial charge in [-0.15, -0.1) is 0 Å². The average Bonchev–Trinajstić information content (AvgIpc) is 2.83. The zero-order valence-electron chi connectivity index (χ0n) is 22.2. The molecule has 2 rings (SSSR count). The first-order chi connectivity index (χ1) is 17.2. The maximum Gasteiger partial charge on any atom is 0.437 e. The fraction of sp³-hybridized carbons (Fsp3) is 0.464. The standard InChI is InChI=1S/C26H32F3NO4.C2H6/c1-6-7-13-33-23-15-18(2)24(19(3)16-23)34-20(4)10-9-14-32-22-12-8-11-21(17-22)25(30-31-5)26(27,28)29;1-2/h6-8,11-12,15-17,20H,9-10,13-14H2,1-5H3;1-2H3/b7-6+,30-25+;. The summed E-state index contributed by atoms with van der Waals surface area (Å²) in [6, 6.07) is 9.63. The van der Waals surface area contributed by atoms with E-state index in [1.54, 1.807) is 6.07 Å². The number of halogens is 3. The highest BCUT2D eigenvalue weighted by Gasteiger charge is 2.38. The Kier molecular flexibility index (Phi) is 13.5. The Balaban J connectivity index is 0.00000316. The van der Waals surface area contributed by atoms with Gasteiger partial charge < -0.3 is 19.0 Å². The third kappa shape index (κ3) is 10.2. The highest BCUT2D eigenvalue weighted by Crippen LogP contribution is 2.30. The van der Waals surface area contributed by atoms with Crippen molar-refractivity contribution in [2.45, 2.75) is 66.7 Å². The van der Waals surface area contributed by atoms with Crippen molar-refractivity contribution in [2.75, 3.05) is 20.3 Å². The zero-order chi connectivity index (χ0) is 27.1. The number of aryl methyl sites for hydroxylation is 2. The molecule has 2 aromatic rings. The van der Waals surface area contributed by atoms with Gasteiger partial charge in [-0.1, -0.05) is 43.3 Å². The van der Waals surface area contributed by atoms with Crippen LogP contribution in [0.5, 0.6) is 17.2 Å². The Labute approximate surface area is 212 Å². The molecule has 0 fully saturated rings. The van der Waals surface area contributed by atoms with Gasteiger partial charge in [0.25, 0.3) is 0 Å².